The van der Waals surface area contributed by atoms with Crippen LogP contribution in [-0.4, -0.2) is 58.5 Å². The maximum absolute atomic E-state index is 13.6. The van der Waals surface area contributed by atoms with E-state index in [1.54, 1.807) is 17.0 Å². The molecule has 7 heteroatoms. The predicted molar refractivity (Wildman–Crippen MR) is 125 cm³/mol. The Labute approximate surface area is 201 Å². The number of aliphatic hydroxyl groups is 1. The summed E-state index contributed by atoms with van der Waals surface area (Å²) in [6.45, 7) is 0.0121. The second kappa shape index (κ2) is 9.32. The molecule has 2 heterocycles. The summed E-state index contributed by atoms with van der Waals surface area (Å²) < 4.78 is 26.7. The molecule has 0 aliphatic carbocycles. The van der Waals surface area contributed by atoms with E-state index >= 15 is 0 Å². The van der Waals surface area contributed by atoms with Crippen molar-refractivity contribution in [3.63, 3.8) is 0 Å². The van der Waals surface area contributed by atoms with Gasteiger partial charge in [0.1, 0.15) is 18.2 Å². The average molecular weight is 472 g/mol. The number of hydrogen-bond donors (Lipinski definition) is 1. The van der Waals surface area contributed by atoms with Crippen LogP contribution in [0.15, 0.2) is 72.8 Å². The third-order valence-electron chi connectivity index (χ3n) is 6.60. The first-order chi connectivity index (χ1) is 16.9. The van der Waals surface area contributed by atoms with Crippen molar-refractivity contribution >= 4 is 11.8 Å². The van der Waals surface area contributed by atoms with Crippen molar-refractivity contribution in [3.8, 4) is 11.8 Å². The minimum Gasteiger partial charge on any atom is -0.394 e. The topological polar surface area (TPSA) is 60.9 Å². The highest BCUT2D eigenvalue weighted by molar-refractivity contribution is 5.97. The normalized spacial score (nSPS) is 21.0. The third kappa shape index (κ3) is 4.41. The molecule has 0 radical (unpaired) electrons. The number of rotatable bonds is 3. The van der Waals surface area contributed by atoms with Gasteiger partial charge in [-0.15, -0.1) is 0 Å². The first kappa shape index (κ1) is 22.8. The summed E-state index contributed by atoms with van der Waals surface area (Å²) in [4.78, 5) is 28.8. The van der Waals surface area contributed by atoms with Gasteiger partial charge in [0, 0.05) is 29.2 Å². The molecule has 1 N–H and O–H groups in total. The molecule has 0 unspecified atom stereocenters. The Morgan fingerprint density at radius 1 is 0.943 bits per heavy atom. The molecule has 3 atom stereocenters. The van der Waals surface area contributed by atoms with Crippen LogP contribution in [-0.2, 0) is 4.79 Å². The van der Waals surface area contributed by atoms with Crippen LogP contribution < -0.4 is 0 Å². The summed E-state index contributed by atoms with van der Waals surface area (Å²) in [5.41, 5.74) is 2.61. The third-order valence-corrected chi connectivity index (χ3v) is 6.60. The van der Waals surface area contributed by atoms with Gasteiger partial charge in [0.15, 0.2) is 0 Å². The lowest BCUT2D eigenvalue weighted by Gasteiger charge is -2.58. The highest BCUT2D eigenvalue weighted by Crippen LogP contribution is 2.43. The Morgan fingerprint density at radius 3 is 2.23 bits per heavy atom. The molecule has 2 amide bonds. The molecule has 3 aromatic carbocycles. The van der Waals surface area contributed by atoms with Gasteiger partial charge >= 0.3 is 0 Å². The van der Waals surface area contributed by atoms with Gasteiger partial charge in [0.2, 0.25) is 5.91 Å². The van der Waals surface area contributed by atoms with Crippen LogP contribution >= 0.6 is 0 Å². The lowest BCUT2D eigenvalue weighted by atomic mass is 9.73. The number of fused-ring (bicyclic) bond motifs is 1. The van der Waals surface area contributed by atoms with E-state index in [4.69, 9.17) is 0 Å². The van der Waals surface area contributed by atoms with Crippen molar-refractivity contribution < 1.29 is 23.5 Å². The van der Waals surface area contributed by atoms with Gasteiger partial charge in [-0.05, 0) is 60.2 Å². The molecule has 5 nitrogen and oxygen atoms in total. The van der Waals surface area contributed by atoms with Gasteiger partial charge in [-0.3, -0.25) is 9.59 Å². The molecular weight excluding hydrogens is 450 g/mol. The van der Waals surface area contributed by atoms with Crippen LogP contribution in [0, 0.1) is 23.5 Å². The van der Waals surface area contributed by atoms with Crippen LogP contribution in [0.25, 0.3) is 0 Å². The van der Waals surface area contributed by atoms with Gasteiger partial charge in [0.05, 0.1) is 18.7 Å². The van der Waals surface area contributed by atoms with Gasteiger partial charge in [-0.2, -0.15) is 0 Å². The molecule has 0 saturated carbocycles. The monoisotopic (exact) mass is 472 g/mol. The second-order valence-corrected chi connectivity index (χ2v) is 8.72. The van der Waals surface area contributed by atoms with Crippen LogP contribution in [0.4, 0.5) is 8.78 Å². The summed E-state index contributed by atoms with van der Waals surface area (Å²) in [6, 6.07) is 18.3. The van der Waals surface area contributed by atoms with Crippen molar-refractivity contribution in [1.82, 2.24) is 9.80 Å². The largest absolute Gasteiger partial charge is 0.394 e. The quantitative estimate of drug-likeness (QED) is 0.596. The number of aliphatic hydroxyl groups excluding tert-OH is 1. The number of carbonyl (C=O) groups excluding carboxylic acids is 2. The Hall–Kier alpha value is -4.02. The highest BCUT2D eigenvalue weighted by atomic mass is 19.1. The van der Waals surface area contributed by atoms with E-state index < -0.39 is 11.7 Å². The van der Waals surface area contributed by atoms with E-state index in [0.29, 0.717) is 12.1 Å². The first-order valence-corrected chi connectivity index (χ1v) is 11.3. The molecule has 2 aliphatic heterocycles. The van der Waals surface area contributed by atoms with E-state index in [9.17, 15) is 23.5 Å². The van der Waals surface area contributed by atoms with Gasteiger partial charge in [-0.1, -0.05) is 30.0 Å². The lowest BCUT2D eigenvalue weighted by molar-refractivity contribution is -0.159. The smallest absolute Gasteiger partial charge is 0.254 e. The van der Waals surface area contributed by atoms with Crippen LogP contribution in [0.2, 0.25) is 0 Å². The summed E-state index contributed by atoms with van der Waals surface area (Å²) in [5.74, 6) is 4.44. The molecule has 2 aliphatic rings. The SMILES string of the molecule is O=C(c1cccc(F)c1)N1CC(=O)N2[C@H](C1)[C@H](c1ccc(C#Cc3ccc(F)cc3)cc1)[C@@H]2CO. The lowest BCUT2D eigenvalue weighted by Crippen LogP contribution is -2.73. The van der Waals surface area contributed by atoms with Gasteiger partial charge < -0.3 is 14.9 Å². The molecule has 3 aromatic rings. The zero-order chi connectivity index (χ0) is 24.5. The van der Waals surface area contributed by atoms with Crippen molar-refractivity contribution in [2.45, 2.75) is 18.0 Å². The number of hydrogen-bond acceptors (Lipinski definition) is 3. The van der Waals surface area contributed by atoms with Crippen molar-refractivity contribution in [3.05, 3.63) is 107 Å². The van der Waals surface area contributed by atoms with Crippen LogP contribution in [0.3, 0.4) is 0 Å². The Morgan fingerprint density at radius 2 is 1.60 bits per heavy atom. The van der Waals surface area contributed by atoms with E-state index in [1.165, 1.54) is 41.3 Å². The fourth-order valence-electron chi connectivity index (χ4n) is 4.92. The van der Waals surface area contributed by atoms with Gasteiger partial charge in [-0.25, -0.2) is 8.78 Å². The predicted octanol–water partition coefficient (Wildman–Crippen LogP) is 3.18. The second-order valence-electron chi connectivity index (χ2n) is 8.72. The minimum atomic E-state index is -0.509. The van der Waals surface area contributed by atoms with Crippen molar-refractivity contribution in [1.29, 1.82) is 0 Å². The van der Waals surface area contributed by atoms with E-state index in [2.05, 4.69) is 11.8 Å². The van der Waals surface area contributed by atoms with Crippen molar-refractivity contribution in [2.75, 3.05) is 19.7 Å². The summed E-state index contributed by atoms with van der Waals surface area (Å²) >= 11 is 0. The zero-order valence-electron chi connectivity index (χ0n) is 18.7. The zero-order valence-corrected chi connectivity index (χ0v) is 18.7. The van der Waals surface area contributed by atoms with Crippen LogP contribution in [0.1, 0.15) is 33.0 Å². The molecular formula is C28H22F2N2O3. The maximum Gasteiger partial charge on any atom is 0.254 e. The number of benzene rings is 3. The molecule has 2 saturated heterocycles. The molecule has 5 rings (SSSR count). The maximum atomic E-state index is 13.6. The van der Waals surface area contributed by atoms with E-state index in [1.807, 2.05) is 24.3 Å². The number of halogens is 2. The molecule has 35 heavy (non-hydrogen) atoms. The summed E-state index contributed by atoms with van der Waals surface area (Å²) in [6.07, 6.45) is 0. The fourth-order valence-corrected chi connectivity index (χ4v) is 4.92. The average Bonchev–Trinajstić information content (AvgIpc) is 2.85. The Balaban J connectivity index is 1.34. The number of amides is 2. The molecule has 0 bridgehead atoms. The molecule has 2 fully saturated rings. The molecule has 0 aromatic heterocycles. The van der Waals surface area contributed by atoms with Crippen LogP contribution in [0.5, 0.6) is 0 Å². The highest BCUT2D eigenvalue weighted by Gasteiger charge is 2.54. The minimum absolute atomic E-state index is 0.104. The standard InChI is InChI=1S/C28H22F2N2O3/c29-22-12-8-19(9-13-22)5-4-18-6-10-20(11-7-18)27-24-15-31(16-26(34)32(24)25(27)17-33)28(35)21-2-1-3-23(30)14-21/h1-3,6-14,24-25,27,33H,15-17H2/t24-,25+,27+/m1/s1. The number of carbonyl (C=O) groups is 2. The number of piperazine rings is 1. The fraction of sp³-hybridized carbons (Fsp3) is 0.214. The van der Waals surface area contributed by atoms with Gasteiger partial charge in [0.25, 0.3) is 5.91 Å². The number of nitrogens with zero attached hydrogens (tertiary/aromatic N) is 2. The summed E-state index contributed by atoms with van der Waals surface area (Å²) in [5, 5.41) is 9.98. The van der Waals surface area contributed by atoms with Crippen molar-refractivity contribution in [2.24, 2.45) is 0 Å². The Bertz CT molecular complexity index is 1330. The Kier molecular flexibility index (Phi) is 6.06. The molecule has 0 spiro atoms. The van der Waals surface area contributed by atoms with E-state index in [-0.39, 0.29) is 48.4 Å². The molecule has 176 valence electrons. The first-order valence-electron chi connectivity index (χ1n) is 11.3. The summed E-state index contributed by atoms with van der Waals surface area (Å²) in [7, 11) is 0. The van der Waals surface area contributed by atoms with E-state index in [0.717, 1.165) is 11.1 Å².